The number of hydrogen-bond acceptors (Lipinski definition) is 6. The summed E-state index contributed by atoms with van der Waals surface area (Å²) < 4.78 is 0. The van der Waals surface area contributed by atoms with Gasteiger partial charge in [0.2, 0.25) is 0 Å². The third-order valence-electron chi connectivity index (χ3n) is 1.18. The Balaban J connectivity index is -0.0000000700. The Labute approximate surface area is 155 Å². The number of carboxylic acid groups (broad SMARTS) is 1. The molecule has 0 bridgehead atoms. The van der Waals surface area contributed by atoms with Crippen molar-refractivity contribution in [3.8, 4) is 0 Å². The molecule has 1 atom stereocenters. The predicted octanol–water partition coefficient (Wildman–Crippen LogP) is -1.22. The van der Waals surface area contributed by atoms with E-state index < -0.39 is 30.2 Å². The second kappa shape index (κ2) is 23.7. The van der Waals surface area contributed by atoms with Crippen LogP contribution in [0.3, 0.4) is 0 Å². The van der Waals surface area contributed by atoms with Crippen LogP contribution in [-0.4, -0.2) is 30.1 Å². The van der Waals surface area contributed by atoms with Crippen LogP contribution in [0.15, 0.2) is 12.7 Å². The summed E-state index contributed by atoms with van der Waals surface area (Å²) in [5, 5.41) is 38.7. The molecule has 0 aliphatic carbocycles. The van der Waals surface area contributed by atoms with Gasteiger partial charge in [-0.05, 0) is 13.3 Å². The number of carbonyl (C=O) groups is 2. The summed E-state index contributed by atoms with van der Waals surface area (Å²) >= 11 is 0. The third kappa shape index (κ3) is 74.2. The normalized spacial score (nSPS) is 9.96. The molecule has 0 saturated carbocycles. The molecule has 1 unspecified atom stereocenters. The van der Waals surface area contributed by atoms with Crippen LogP contribution in [-0.2, 0) is 31.3 Å². The van der Waals surface area contributed by atoms with E-state index in [1.807, 2.05) is 0 Å². The van der Waals surface area contributed by atoms with Gasteiger partial charge in [0.05, 0.1) is 11.9 Å². The minimum Gasteiger partial charge on any atom is -0.852 e. The Morgan fingerprint density at radius 2 is 1.13 bits per heavy atom. The smallest absolute Gasteiger partial charge is 0.852 e. The van der Waals surface area contributed by atoms with Gasteiger partial charge in [0, 0.05) is 0 Å². The van der Waals surface area contributed by atoms with E-state index in [1.165, 1.54) is 13.0 Å². The minimum absolute atomic E-state index is 0. The Bertz CT molecular complexity index is 241. The summed E-state index contributed by atoms with van der Waals surface area (Å²) in [5.74, 6) is -2.73. The molecule has 0 heterocycles. The van der Waals surface area contributed by atoms with E-state index in [2.05, 4.69) is 6.58 Å². The Morgan fingerprint density at radius 3 is 1.17 bits per heavy atom. The summed E-state index contributed by atoms with van der Waals surface area (Å²) in [5.41, 5.74) is 0. The molecule has 0 fully saturated rings. The van der Waals surface area contributed by atoms with Crippen molar-refractivity contribution in [3.05, 3.63) is 12.7 Å². The Morgan fingerprint density at radius 1 is 0.913 bits per heavy atom. The second-order valence-corrected chi connectivity index (χ2v) is 5.15. The molecule has 6 nitrogen and oxygen atoms in total. The summed E-state index contributed by atoms with van der Waals surface area (Å²) in [4.78, 5) is 20.7. The minimum atomic E-state index is -1.33. The van der Waals surface area contributed by atoms with Crippen LogP contribution in [0.25, 0.3) is 0 Å². The monoisotopic (exact) mass is 366 g/mol. The standard InChI is InChI=1S/C7H10O3.3C3H7O.Ti/c1-3-4-6(5(2)8)7(9)10;3*1-3(2)4;/h3,6H,1,4H2,2H3,(H,9,10);3*3H,1-2H3;/q;3*-1;+4/p-1. The number of carboxylic acids is 1. The number of rotatable bonds is 4. The van der Waals surface area contributed by atoms with Crippen LogP contribution in [0, 0.1) is 5.92 Å². The summed E-state index contributed by atoms with van der Waals surface area (Å²) in [6, 6.07) is 0. The van der Waals surface area contributed by atoms with Crippen molar-refractivity contribution in [3.63, 3.8) is 0 Å². The molecule has 0 N–H and O–H groups in total. The zero-order chi connectivity index (χ0) is 18.9. The topological polar surface area (TPSA) is 126 Å². The van der Waals surface area contributed by atoms with Gasteiger partial charge in [-0.25, -0.2) is 0 Å². The van der Waals surface area contributed by atoms with Gasteiger partial charge in [-0.3, -0.25) is 4.79 Å². The van der Waals surface area contributed by atoms with E-state index >= 15 is 0 Å². The van der Waals surface area contributed by atoms with Crippen LogP contribution in [0.1, 0.15) is 54.9 Å². The van der Waals surface area contributed by atoms with E-state index in [0.717, 1.165) is 0 Å². The average Bonchev–Trinajstić information content (AvgIpc) is 2.22. The first-order valence-electron chi connectivity index (χ1n) is 7.09. The molecule has 0 amide bonds. The van der Waals surface area contributed by atoms with E-state index in [1.54, 1.807) is 41.5 Å². The summed E-state index contributed by atoms with van der Waals surface area (Å²) in [6.07, 6.45) is 0.291. The maximum Gasteiger partial charge on any atom is 4.00 e. The van der Waals surface area contributed by atoms with Gasteiger partial charge < -0.3 is 25.2 Å². The summed E-state index contributed by atoms with van der Waals surface area (Å²) in [7, 11) is 0. The number of ketones is 1. The molecular formula is C16H30O6Ti. The Kier molecular flexibility index (Phi) is 35.0. The number of hydrogen-bond donors (Lipinski definition) is 0. The van der Waals surface area contributed by atoms with Gasteiger partial charge in [-0.2, -0.15) is 0 Å². The van der Waals surface area contributed by atoms with E-state index in [0.29, 0.717) is 0 Å². The quantitative estimate of drug-likeness (QED) is 0.349. The molecule has 0 spiro atoms. The van der Waals surface area contributed by atoms with Crippen molar-refractivity contribution in [2.24, 2.45) is 5.92 Å². The van der Waals surface area contributed by atoms with Crippen LogP contribution in [0.4, 0.5) is 0 Å². The van der Waals surface area contributed by atoms with Crippen LogP contribution in [0.2, 0.25) is 0 Å². The van der Waals surface area contributed by atoms with Crippen molar-refractivity contribution < 1.29 is 51.7 Å². The largest absolute Gasteiger partial charge is 4.00 e. The molecule has 0 aromatic rings. The van der Waals surface area contributed by atoms with E-state index in [9.17, 15) is 30.0 Å². The predicted molar refractivity (Wildman–Crippen MR) is 79.4 cm³/mol. The first-order chi connectivity index (χ1) is 9.79. The SMILES string of the molecule is C=CCC(C(C)=O)C(=O)[O-].CC(C)[O-].CC(C)[O-].CC(C)[O-].[Ti+4]. The van der Waals surface area contributed by atoms with Gasteiger partial charge in [-0.15, -0.1) is 24.9 Å². The first-order valence-corrected chi connectivity index (χ1v) is 7.09. The fourth-order valence-corrected chi connectivity index (χ4v) is 0.595. The maximum atomic E-state index is 10.5. The van der Waals surface area contributed by atoms with Crippen LogP contribution < -0.4 is 20.4 Å². The first kappa shape index (κ1) is 33.9. The van der Waals surface area contributed by atoms with Crippen LogP contribution in [0.5, 0.6) is 0 Å². The molecule has 134 valence electrons. The molecule has 0 aromatic heterocycles. The van der Waals surface area contributed by atoms with Gasteiger partial charge >= 0.3 is 21.7 Å². The average molecular weight is 366 g/mol. The second-order valence-electron chi connectivity index (χ2n) is 5.15. The van der Waals surface area contributed by atoms with E-state index in [4.69, 9.17) is 0 Å². The van der Waals surface area contributed by atoms with Crippen molar-refractivity contribution >= 4 is 11.8 Å². The molecule has 7 heteroatoms. The Hall–Kier alpha value is -0.526. The molecular weight excluding hydrogens is 336 g/mol. The fourth-order valence-electron chi connectivity index (χ4n) is 0.595. The van der Waals surface area contributed by atoms with Gasteiger partial charge in [-0.1, -0.05) is 47.6 Å². The molecule has 0 aliphatic heterocycles. The number of carbonyl (C=O) groups excluding carboxylic acids is 2. The molecule has 23 heavy (non-hydrogen) atoms. The number of aliphatic carboxylic acids is 1. The van der Waals surface area contributed by atoms with Crippen molar-refractivity contribution in [2.75, 3.05) is 0 Å². The number of Topliss-reactive ketones (excluding diaryl/α,β-unsaturated/α-hetero) is 1. The zero-order valence-electron chi connectivity index (χ0n) is 15.3. The van der Waals surface area contributed by atoms with Crippen LogP contribution >= 0.6 is 0 Å². The van der Waals surface area contributed by atoms with E-state index in [-0.39, 0.29) is 33.9 Å². The van der Waals surface area contributed by atoms with Gasteiger partial charge in [0.25, 0.3) is 0 Å². The van der Waals surface area contributed by atoms with Crippen molar-refractivity contribution in [2.45, 2.75) is 73.2 Å². The molecule has 0 aliphatic rings. The molecule has 0 rings (SSSR count). The maximum absolute atomic E-state index is 10.5. The molecule has 0 aromatic carbocycles. The van der Waals surface area contributed by atoms with Crippen molar-refractivity contribution in [1.82, 2.24) is 0 Å². The third-order valence-corrected chi connectivity index (χ3v) is 1.18. The molecule has 0 saturated heterocycles. The van der Waals surface area contributed by atoms with Gasteiger partial charge in [0.15, 0.2) is 0 Å². The van der Waals surface area contributed by atoms with Gasteiger partial charge in [0.1, 0.15) is 5.78 Å². The number of allylic oxidation sites excluding steroid dienone is 1. The zero-order valence-corrected chi connectivity index (χ0v) is 16.8. The molecule has 0 radical (unpaired) electrons. The van der Waals surface area contributed by atoms with Crippen molar-refractivity contribution in [1.29, 1.82) is 0 Å². The fraction of sp³-hybridized carbons (Fsp3) is 0.750. The summed E-state index contributed by atoms with van der Waals surface area (Å²) in [6.45, 7) is 14.2.